The molecule has 12 rings (SSSR count). The van der Waals surface area contributed by atoms with Gasteiger partial charge in [-0.1, -0.05) is 150 Å². The summed E-state index contributed by atoms with van der Waals surface area (Å²) in [5.74, 6) is 0. The molecule has 0 aliphatic carbocycles. The predicted octanol–water partition coefficient (Wildman–Crippen LogP) is 12.6. The Bertz CT molecular complexity index is 4150. The number of hydrogen-bond donors (Lipinski definition) is 2. The lowest BCUT2D eigenvalue weighted by Gasteiger charge is -2.23. The summed E-state index contributed by atoms with van der Waals surface area (Å²) in [6.45, 7) is 14.6. The van der Waals surface area contributed by atoms with E-state index in [-0.39, 0.29) is 36.2 Å². The molecule has 2 N–H and O–H groups in total. The van der Waals surface area contributed by atoms with Crippen molar-refractivity contribution in [1.82, 2.24) is 15.0 Å². The van der Waals surface area contributed by atoms with Gasteiger partial charge in [-0.15, -0.1) is 0 Å². The molecule has 0 fully saturated rings. The van der Waals surface area contributed by atoms with Gasteiger partial charge < -0.3 is 10.3 Å². The van der Waals surface area contributed by atoms with Crippen molar-refractivity contribution in [3.05, 3.63) is 202 Å². The van der Waals surface area contributed by atoms with E-state index in [0.717, 1.165) is 23.4 Å². The van der Waals surface area contributed by atoms with Crippen LogP contribution >= 0.6 is 33.9 Å². The quantitative estimate of drug-likeness (QED) is 0.124. The van der Waals surface area contributed by atoms with Crippen molar-refractivity contribution < 1.29 is 25.3 Å². The molecule has 6 heterocycles. The molecule has 0 saturated carbocycles. The fourth-order valence-electron chi connectivity index (χ4n) is 10.0. The first-order valence-corrected chi connectivity index (χ1v) is 30.0. The monoisotopic (exact) mass is 1130 g/mol. The molecule has 0 spiro atoms. The summed E-state index contributed by atoms with van der Waals surface area (Å²) in [4.78, 5) is 23.0. The van der Waals surface area contributed by atoms with Crippen molar-refractivity contribution >= 4 is 112 Å². The average Bonchev–Trinajstić information content (AvgIpc) is 3.99. The van der Waals surface area contributed by atoms with E-state index >= 15 is 0 Å². The van der Waals surface area contributed by atoms with Crippen molar-refractivity contribution in [2.45, 2.75) is 72.5 Å². The zero-order valence-electron chi connectivity index (χ0n) is 42.2. The lowest BCUT2D eigenvalue weighted by molar-refractivity contribution is 0.555. The van der Waals surface area contributed by atoms with Gasteiger partial charge >= 0.3 is 0 Å². The zero-order chi connectivity index (χ0) is 54.6. The smallest absolute Gasteiger partial charge is 0.264 e. The van der Waals surface area contributed by atoms with Gasteiger partial charge in [0.15, 0.2) is 0 Å². The third kappa shape index (κ3) is 10.3. The minimum absolute atomic E-state index is 0.0472. The highest BCUT2D eigenvalue weighted by Gasteiger charge is 2.43. The SMILES string of the molecule is CC1(C)CN(S(=O)(=O)c2cccc3c(=O)[nH]ccc23)c2ccccc21.CC1(C)CN(S(=O)(=O)c2cccc3c(Cl)nccc23)c2ccccc21.CC1(C)CNc2ccccc21.O=S(=O)(Cl)c1cccc2c(Cl)nccc12. The van der Waals surface area contributed by atoms with Crippen molar-refractivity contribution in [3.8, 4) is 0 Å². The van der Waals surface area contributed by atoms with Gasteiger partial charge in [-0.25, -0.2) is 35.2 Å². The molecule has 0 bridgehead atoms. The molecule has 0 amide bonds. The summed E-state index contributed by atoms with van der Waals surface area (Å²) in [7, 11) is -5.97. The Labute approximate surface area is 457 Å². The van der Waals surface area contributed by atoms with E-state index in [0.29, 0.717) is 61.7 Å². The second kappa shape index (κ2) is 20.4. The van der Waals surface area contributed by atoms with E-state index in [1.54, 1.807) is 66.7 Å². The van der Waals surface area contributed by atoms with Crippen molar-refractivity contribution in [3.63, 3.8) is 0 Å². The molecule has 3 aliphatic rings. The van der Waals surface area contributed by atoms with Gasteiger partial charge in [0.2, 0.25) is 0 Å². The lowest BCUT2D eigenvalue weighted by atomic mass is 9.87. The van der Waals surface area contributed by atoms with Crippen LogP contribution in [0.3, 0.4) is 0 Å². The van der Waals surface area contributed by atoms with Gasteiger partial charge in [0, 0.05) is 103 Å². The number of H-pyrrole nitrogens is 1. The molecule has 0 saturated heterocycles. The van der Waals surface area contributed by atoms with Crippen LogP contribution in [0.15, 0.2) is 184 Å². The van der Waals surface area contributed by atoms with Crippen molar-refractivity contribution in [2.75, 3.05) is 33.6 Å². The number of benzene rings is 6. The molecule has 0 atom stereocenters. The summed E-state index contributed by atoms with van der Waals surface area (Å²) in [5, 5.41) is 7.03. The second-order valence-electron chi connectivity index (χ2n) is 20.5. The maximum Gasteiger partial charge on any atom is 0.264 e. The molecule has 19 heteroatoms. The minimum atomic E-state index is -3.79. The fourth-order valence-corrected chi connectivity index (χ4v) is 15.3. The van der Waals surface area contributed by atoms with Crippen molar-refractivity contribution in [1.29, 1.82) is 0 Å². The molecule has 392 valence electrons. The largest absolute Gasteiger partial charge is 0.384 e. The number of hydrogen-bond acceptors (Lipinski definition) is 10. The molecule has 76 heavy (non-hydrogen) atoms. The number of nitrogens with zero attached hydrogens (tertiary/aromatic N) is 4. The summed E-state index contributed by atoms with van der Waals surface area (Å²) in [6, 6.07) is 43.3. The summed E-state index contributed by atoms with van der Waals surface area (Å²) in [5.41, 5.74) is 5.75. The first kappa shape index (κ1) is 54.3. The van der Waals surface area contributed by atoms with Gasteiger partial charge in [0.25, 0.3) is 34.7 Å². The number of para-hydroxylation sites is 3. The van der Waals surface area contributed by atoms with Crippen LogP contribution in [-0.4, -0.2) is 59.8 Å². The topological polar surface area (TPSA) is 180 Å². The number of pyridine rings is 3. The lowest BCUT2D eigenvalue weighted by Crippen LogP contribution is -2.34. The molecular weight excluding hydrogens is 1080 g/mol. The number of anilines is 3. The molecule has 3 aliphatic heterocycles. The van der Waals surface area contributed by atoms with Crippen molar-refractivity contribution in [2.24, 2.45) is 0 Å². The summed E-state index contributed by atoms with van der Waals surface area (Å²) in [6.07, 6.45) is 4.45. The second-order valence-corrected chi connectivity index (χ2v) is 27.4. The highest BCUT2D eigenvalue weighted by Crippen LogP contribution is 2.45. The first-order valence-electron chi connectivity index (χ1n) is 24.0. The molecule has 13 nitrogen and oxygen atoms in total. The molecule has 0 radical (unpaired) electrons. The Morgan fingerprint density at radius 1 is 0.474 bits per heavy atom. The summed E-state index contributed by atoms with van der Waals surface area (Å²) < 4.78 is 79.3. The van der Waals surface area contributed by atoms with Crippen LogP contribution in [0, 0.1) is 0 Å². The number of fused-ring (bicyclic) bond motifs is 6. The normalized spacial score (nSPS) is 15.8. The number of aromatic amines is 1. The van der Waals surface area contributed by atoms with Crippen LogP contribution in [0.1, 0.15) is 58.2 Å². The van der Waals surface area contributed by atoms with E-state index < -0.39 is 29.1 Å². The van der Waals surface area contributed by atoms with Gasteiger partial charge in [-0.05, 0) is 77.4 Å². The molecule has 9 aromatic rings. The van der Waals surface area contributed by atoms with E-state index in [1.807, 2.05) is 62.4 Å². The Hall–Kier alpha value is -6.53. The average molecular weight is 1140 g/mol. The van der Waals surface area contributed by atoms with E-state index in [2.05, 4.69) is 72.2 Å². The fraction of sp³-hybridized carbons (Fsp3) is 0.211. The Morgan fingerprint density at radius 3 is 1.38 bits per heavy atom. The van der Waals surface area contributed by atoms with E-state index in [1.165, 1.54) is 44.5 Å². The highest BCUT2D eigenvalue weighted by molar-refractivity contribution is 8.14. The number of aromatic nitrogens is 3. The number of nitrogens with one attached hydrogen (secondary N) is 2. The van der Waals surface area contributed by atoms with Crippen LogP contribution in [0.25, 0.3) is 32.3 Å². The highest BCUT2D eigenvalue weighted by atomic mass is 35.7. The standard InChI is InChI=1S/C19H17ClN2O2S.C19H18N2O3S.C10H13N.C9H5Cl2NO2S/c1-19(2)12-22(16-8-4-3-7-15(16)19)25(23,24)17-9-5-6-14-13(17)10-11-21-18(14)20;1-19(2)12-21(16-8-4-3-7-15(16)19)25(23,24)17-9-5-6-14-13(17)10-11-20-18(14)22;1-10(2)7-11-9-6-4-3-5-8(9)10;10-9-7-2-1-3-8(15(11,13)14)6(7)4-5-12-9/h3-11H,12H2,1-2H3;3-11H,12H2,1-2H3,(H,20,22);3-6,11H,7H2,1-2H3;1-5H. The Morgan fingerprint density at radius 2 is 0.895 bits per heavy atom. The van der Waals surface area contributed by atoms with Crippen LogP contribution in [-0.2, 0) is 45.3 Å². The van der Waals surface area contributed by atoms with Gasteiger partial charge in [-0.2, -0.15) is 0 Å². The molecule has 0 unspecified atom stereocenters. The zero-order valence-corrected chi connectivity index (χ0v) is 46.9. The number of halogens is 3. The Balaban J connectivity index is 0.000000130. The Kier molecular flexibility index (Phi) is 14.6. The number of sulfonamides is 2. The van der Waals surface area contributed by atoms with Crippen LogP contribution in [0.2, 0.25) is 10.3 Å². The third-order valence-electron chi connectivity index (χ3n) is 13.9. The third-order valence-corrected chi connectivity index (χ3v) is 19.5. The minimum Gasteiger partial charge on any atom is -0.384 e. The first-order chi connectivity index (χ1) is 35.8. The summed E-state index contributed by atoms with van der Waals surface area (Å²) >= 11 is 12.0. The van der Waals surface area contributed by atoms with Crippen LogP contribution in [0.5, 0.6) is 0 Å². The molecular formula is C57H53Cl3N6O7S3. The van der Waals surface area contributed by atoms with E-state index in [9.17, 15) is 30.0 Å². The van der Waals surface area contributed by atoms with E-state index in [4.69, 9.17) is 33.9 Å². The molecule has 6 aromatic carbocycles. The van der Waals surface area contributed by atoms with Gasteiger partial charge in [0.1, 0.15) is 10.3 Å². The number of rotatable bonds is 5. The van der Waals surface area contributed by atoms with Gasteiger partial charge in [0.05, 0.1) is 26.1 Å². The maximum absolute atomic E-state index is 13.5. The molecule has 3 aromatic heterocycles. The predicted molar refractivity (Wildman–Crippen MR) is 307 cm³/mol. The maximum atomic E-state index is 13.5. The van der Waals surface area contributed by atoms with Gasteiger partial charge in [-0.3, -0.25) is 13.4 Å². The van der Waals surface area contributed by atoms with Crippen LogP contribution < -0.4 is 19.5 Å². The van der Waals surface area contributed by atoms with Crippen LogP contribution in [0.4, 0.5) is 17.1 Å².